The molecule has 4 rings (SSSR count). The van der Waals surface area contributed by atoms with Crippen molar-refractivity contribution < 1.29 is 24.0 Å². The summed E-state index contributed by atoms with van der Waals surface area (Å²) in [5.41, 5.74) is 4.44. The molecule has 0 aliphatic heterocycles. The number of carbonyl (C=O) groups excluding carboxylic acids is 2. The smallest absolute Gasteiger partial charge is 0.269 e. The molecule has 0 saturated carbocycles. The zero-order valence-corrected chi connectivity index (χ0v) is 22.1. The van der Waals surface area contributed by atoms with Crippen LogP contribution in [0, 0.1) is 17.0 Å². The van der Waals surface area contributed by atoms with Crippen LogP contribution in [0.2, 0.25) is 0 Å². The topological polar surface area (TPSA) is 158 Å². The summed E-state index contributed by atoms with van der Waals surface area (Å²) in [6.45, 7) is 2.28. The van der Waals surface area contributed by atoms with E-state index in [9.17, 15) is 19.7 Å². The molecule has 3 aromatic carbocycles. The van der Waals surface area contributed by atoms with Crippen LogP contribution in [-0.2, 0) is 11.2 Å². The molecule has 204 valence electrons. The molecule has 12 nitrogen and oxygen atoms in total. The first-order valence-corrected chi connectivity index (χ1v) is 12.8. The van der Waals surface area contributed by atoms with E-state index in [0.29, 0.717) is 32.8 Å². The van der Waals surface area contributed by atoms with Crippen molar-refractivity contribution in [2.45, 2.75) is 13.3 Å². The Hall–Kier alpha value is -5.17. The summed E-state index contributed by atoms with van der Waals surface area (Å²) >= 11 is 1.11. The Labute approximate surface area is 232 Å². The van der Waals surface area contributed by atoms with Crippen LogP contribution >= 0.6 is 11.3 Å². The molecule has 1 heterocycles. The molecular formula is C27H24N6O6S. The van der Waals surface area contributed by atoms with Crippen molar-refractivity contribution in [3.8, 4) is 11.5 Å². The lowest BCUT2D eigenvalue weighted by atomic mass is 10.1. The Balaban J connectivity index is 1.23. The maximum absolute atomic E-state index is 12.4. The van der Waals surface area contributed by atoms with Crippen LogP contribution in [0.4, 0.5) is 10.8 Å². The molecule has 0 radical (unpaired) electrons. The molecule has 0 aliphatic carbocycles. The van der Waals surface area contributed by atoms with Gasteiger partial charge in [-0.15, -0.1) is 10.2 Å². The molecule has 4 aromatic rings. The number of hydrazone groups is 1. The summed E-state index contributed by atoms with van der Waals surface area (Å²) in [7, 11) is 0. The van der Waals surface area contributed by atoms with Gasteiger partial charge in [0.1, 0.15) is 29.7 Å². The minimum atomic E-state index is -0.477. The van der Waals surface area contributed by atoms with Crippen molar-refractivity contribution >= 4 is 40.2 Å². The molecule has 0 unspecified atom stereocenters. The Morgan fingerprint density at radius 2 is 1.73 bits per heavy atom. The number of nitro groups is 1. The third-order valence-electron chi connectivity index (χ3n) is 5.36. The van der Waals surface area contributed by atoms with E-state index < -0.39 is 10.8 Å². The van der Waals surface area contributed by atoms with Gasteiger partial charge in [-0.1, -0.05) is 41.7 Å². The largest absolute Gasteiger partial charge is 0.490 e. The van der Waals surface area contributed by atoms with Gasteiger partial charge in [-0.25, -0.2) is 5.43 Å². The number of aromatic nitrogens is 2. The van der Waals surface area contributed by atoms with Crippen LogP contribution in [0.5, 0.6) is 11.5 Å². The van der Waals surface area contributed by atoms with Gasteiger partial charge in [-0.2, -0.15) is 5.10 Å². The van der Waals surface area contributed by atoms with Gasteiger partial charge in [0.15, 0.2) is 0 Å². The SMILES string of the molecule is Cc1ccccc1C(=O)Nc1nnc(CC(=O)N/N=C/c2ccccc2OCCOc2ccc([N+](=O)[O-])cc2)s1. The second-order valence-electron chi connectivity index (χ2n) is 8.23. The molecule has 1 aromatic heterocycles. The van der Waals surface area contributed by atoms with Crippen molar-refractivity contribution in [3.05, 3.63) is 105 Å². The van der Waals surface area contributed by atoms with Crippen molar-refractivity contribution in [2.75, 3.05) is 18.5 Å². The third-order valence-corrected chi connectivity index (χ3v) is 6.20. The first-order chi connectivity index (χ1) is 19.4. The second-order valence-corrected chi connectivity index (χ2v) is 9.29. The fourth-order valence-corrected chi connectivity index (χ4v) is 4.15. The van der Waals surface area contributed by atoms with E-state index in [1.165, 1.54) is 30.5 Å². The van der Waals surface area contributed by atoms with Gasteiger partial charge in [0.25, 0.3) is 11.6 Å². The lowest BCUT2D eigenvalue weighted by molar-refractivity contribution is -0.384. The van der Waals surface area contributed by atoms with Crippen LogP contribution in [0.1, 0.15) is 26.5 Å². The van der Waals surface area contributed by atoms with Crippen molar-refractivity contribution in [3.63, 3.8) is 0 Å². The van der Waals surface area contributed by atoms with Crippen LogP contribution in [0.15, 0.2) is 77.9 Å². The molecule has 0 bridgehead atoms. The van der Waals surface area contributed by atoms with Gasteiger partial charge in [0.2, 0.25) is 11.0 Å². The van der Waals surface area contributed by atoms with E-state index in [1.54, 1.807) is 36.4 Å². The van der Waals surface area contributed by atoms with Gasteiger partial charge in [0.05, 0.1) is 17.6 Å². The van der Waals surface area contributed by atoms with E-state index in [-0.39, 0.29) is 31.2 Å². The highest BCUT2D eigenvalue weighted by Crippen LogP contribution is 2.19. The number of nitrogens with one attached hydrogen (secondary N) is 2. The van der Waals surface area contributed by atoms with Gasteiger partial charge >= 0.3 is 0 Å². The van der Waals surface area contributed by atoms with E-state index >= 15 is 0 Å². The Kier molecular flexibility index (Phi) is 9.45. The average molecular weight is 561 g/mol. The highest BCUT2D eigenvalue weighted by molar-refractivity contribution is 7.15. The van der Waals surface area contributed by atoms with E-state index in [4.69, 9.17) is 9.47 Å². The Bertz CT molecular complexity index is 1520. The number of hydrogen-bond acceptors (Lipinski definition) is 10. The highest BCUT2D eigenvalue weighted by atomic mass is 32.1. The number of hydrogen-bond donors (Lipinski definition) is 2. The number of non-ortho nitro benzene ring substituents is 1. The van der Waals surface area contributed by atoms with E-state index in [0.717, 1.165) is 16.9 Å². The van der Waals surface area contributed by atoms with E-state index in [1.807, 2.05) is 19.1 Å². The summed E-state index contributed by atoms with van der Waals surface area (Å²) in [5, 5.41) is 26.0. The van der Waals surface area contributed by atoms with E-state index in [2.05, 4.69) is 26.0 Å². The quantitative estimate of drug-likeness (QED) is 0.113. The molecule has 0 saturated heterocycles. The molecule has 40 heavy (non-hydrogen) atoms. The standard InChI is InChI=1S/C27H24N6O6S/c1-18-6-2-4-8-22(18)26(35)29-27-32-31-25(40-27)16-24(34)30-28-17-19-7-3-5-9-23(19)39-15-14-38-21-12-10-20(11-13-21)33(36)37/h2-13,17H,14-16H2,1H3,(H,30,34)(H,29,32,35)/b28-17+. The number of amides is 2. The fourth-order valence-electron chi connectivity index (χ4n) is 3.41. The second kappa shape index (κ2) is 13.6. The maximum atomic E-state index is 12.4. The number of nitro benzene ring substituents is 1. The van der Waals surface area contributed by atoms with Crippen LogP contribution in [0.3, 0.4) is 0 Å². The summed E-state index contributed by atoms with van der Waals surface area (Å²) in [6, 6.07) is 20.1. The minimum absolute atomic E-state index is 0.0145. The lowest BCUT2D eigenvalue weighted by Crippen LogP contribution is -2.19. The summed E-state index contributed by atoms with van der Waals surface area (Å²) in [6.07, 6.45) is 1.39. The molecule has 0 atom stereocenters. The van der Waals surface area contributed by atoms with Gasteiger partial charge in [-0.05, 0) is 42.8 Å². The van der Waals surface area contributed by atoms with Crippen molar-refractivity contribution in [1.29, 1.82) is 0 Å². The Morgan fingerprint density at radius 1 is 1.00 bits per heavy atom. The fraction of sp³-hybridized carbons (Fsp3) is 0.148. The van der Waals surface area contributed by atoms with Crippen LogP contribution in [0.25, 0.3) is 0 Å². The zero-order valence-electron chi connectivity index (χ0n) is 21.3. The monoisotopic (exact) mass is 560 g/mol. The molecule has 0 spiro atoms. The normalized spacial score (nSPS) is 10.7. The van der Waals surface area contributed by atoms with Crippen molar-refractivity contribution in [2.24, 2.45) is 5.10 Å². The number of para-hydroxylation sites is 1. The number of benzene rings is 3. The number of rotatable bonds is 12. The first-order valence-electron chi connectivity index (χ1n) is 12.0. The van der Waals surface area contributed by atoms with Crippen molar-refractivity contribution in [1.82, 2.24) is 15.6 Å². The number of carbonyl (C=O) groups is 2. The zero-order chi connectivity index (χ0) is 28.3. The molecular weight excluding hydrogens is 536 g/mol. The maximum Gasteiger partial charge on any atom is 0.269 e. The molecule has 2 N–H and O–H groups in total. The van der Waals surface area contributed by atoms with Gasteiger partial charge in [-0.3, -0.25) is 25.0 Å². The predicted molar refractivity (Wildman–Crippen MR) is 149 cm³/mol. The third kappa shape index (κ3) is 7.91. The van der Waals surface area contributed by atoms with Crippen LogP contribution in [-0.4, -0.2) is 46.4 Å². The molecule has 0 fully saturated rings. The first kappa shape index (κ1) is 27.9. The summed E-state index contributed by atoms with van der Waals surface area (Å²) in [4.78, 5) is 35.0. The van der Waals surface area contributed by atoms with Crippen LogP contribution < -0.4 is 20.2 Å². The Morgan fingerprint density at radius 3 is 2.50 bits per heavy atom. The molecule has 13 heteroatoms. The highest BCUT2D eigenvalue weighted by Gasteiger charge is 2.14. The molecule has 2 amide bonds. The van der Waals surface area contributed by atoms with Gasteiger partial charge < -0.3 is 9.47 Å². The average Bonchev–Trinajstić information content (AvgIpc) is 3.38. The van der Waals surface area contributed by atoms with Gasteiger partial charge in [0, 0.05) is 23.3 Å². The minimum Gasteiger partial charge on any atom is -0.490 e. The number of ether oxygens (including phenoxy) is 2. The number of nitrogens with zero attached hydrogens (tertiary/aromatic N) is 4. The predicted octanol–water partition coefficient (Wildman–Crippen LogP) is 4.16. The number of aryl methyl sites for hydroxylation is 1. The summed E-state index contributed by atoms with van der Waals surface area (Å²) < 4.78 is 11.3. The number of anilines is 1. The lowest BCUT2D eigenvalue weighted by Gasteiger charge is -2.10. The molecule has 0 aliphatic rings. The summed E-state index contributed by atoms with van der Waals surface area (Å²) in [5.74, 6) is 0.321.